The minimum absolute atomic E-state index is 0.0704. The molecule has 3 rings (SSSR count). The molecule has 2 unspecified atom stereocenters. The van der Waals surface area contributed by atoms with Crippen LogP contribution < -0.4 is 5.73 Å². The van der Waals surface area contributed by atoms with Gasteiger partial charge in [-0.1, -0.05) is 30.3 Å². The van der Waals surface area contributed by atoms with Gasteiger partial charge in [0.2, 0.25) is 0 Å². The predicted molar refractivity (Wildman–Crippen MR) is 76.8 cm³/mol. The summed E-state index contributed by atoms with van der Waals surface area (Å²) >= 11 is 0. The summed E-state index contributed by atoms with van der Waals surface area (Å²) in [5.74, 6) is 0. The van der Waals surface area contributed by atoms with E-state index in [1.54, 1.807) is 0 Å². The minimum Gasteiger partial charge on any atom is -0.377 e. The molecule has 2 N–H and O–H groups in total. The molecule has 0 spiro atoms. The molecule has 104 valence electrons. The lowest BCUT2D eigenvalue weighted by atomic mass is 9.85. The fourth-order valence-electron chi connectivity index (χ4n) is 3.86. The number of hydrogen-bond donors (Lipinski definition) is 1. The second kappa shape index (κ2) is 5.23. The molecule has 19 heavy (non-hydrogen) atoms. The lowest BCUT2D eigenvalue weighted by Crippen LogP contribution is -2.54. The molecule has 2 heterocycles. The highest BCUT2D eigenvalue weighted by molar-refractivity contribution is 5.16. The van der Waals surface area contributed by atoms with Crippen LogP contribution in [0.2, 0.25) is 0 Å². The second-order valence-corrected chi connectivity index (χ2v) is 6.04. The van der Waals surface area contributed by atoms with Gasteiger partial charge in [0, 0.05) is 32.3 Å². The second-order valence-electron chi connectivity index (χ2n) is 6.04. The largest absolute Gasteiger partial charge is 0.377 e. The highest BCUT2D eigenvalue weighted by atomic mass is 16.5. The smallest absolute Gasteiger partial charge is 0.0830 e. The Bertz CT molecular complexity index is 400. The monoisotopic (exact) mass is 260 g/mol. The maximum Gasteiger partial charge on any atom is 0.0830 e. The molecule has 1 aromatic rings. The first-order valence-electron chi connectivity index (χ1n) is 7.31. The van der Waals surface area contributed by atoms with Crippen LogP contribution >= 0.6 is 0 Å². The van der Waals surface area contributed by atoms with E-state index in [4.69, 9.17) is 10.5 Å². The van der Waals surface area contributed by atoms with Crippen LogP contribution in [-0.4, -0.2) is 36.2 Å². The maximum atomic E-state index is 5.96. The lowest BCUT2D eigenvalue weighted by Gasteiger charge is -2.45. The zero-order chi connectivity index (χ0) is 13.3. The van der Waals surface area contributed by atoms with E-state index in [0.717, 1.165) is 19.4 Å². The van der Waals surface area contributed by atoms with Gasteiger partial charge in [-0.3, -0.25) is 4.90 Å². The van der Waals surface area contributed by atoms with E-state index in [-0.39, 0.29) is 5.60 Å². The van der Waals surface area contributed by atoms with Crippen molar-refractivity contribution in [3.8, 4) is 0 Å². The number of fused-ring (bicyclic) bond motifs is 2. The van der Waals surface area contributed by atoms with Crippen LogP contribution in [0.15, 0.2) is 30.3 Å². The molecule has 0 aliphatic carbocycles. The number of rotatable bonds is 4. The molecule has 0 saturated carbocycles. The number of hydrogen-bond acceptors (Lipinski definition) is 3. The van der Waals surface area contributed by atoms with Crippen LogP contribution in [0.4, 0.5) is 0 Å². The van der Waals surface area contributed by atoms with Crippen molar-refractivity contribution in [3.63, 3.8) is 0 Å². The van der Waals surface area contributed by atoms with Gasteiger partial charge in [0.1, 0.15) is 0 Å². The Morgan fingerprint density at radius 3 is 2.37 bits per heavy atom. The van der Waals surface area contributed by atoms with E-state index in [1.807, 2.05) is 7.11 Å². The standard InChI is InChI=1S/C16H24N2O/c1-19-16(12-17)9-14-7-8-15(10-16)18(14)11-13-5-3-2-4-6-13/h2-6,14-15H,7-12,17H2,1H3. The first kappa shape index (κ1) is 13.1. The molecule has 3 nitrogen and oxygen atoms in total. The maximum absolute atomic E-state index is 5.96. The molecule has 2 bridgehead atoms. The van der Waals surface area contributed by atoms with Crippen molar-refractivity contribution in [1.82, 2.24) is 4.90 Å². The van der Waals surface area contributed by atoms with Crippen molar-refractivity contribution in [2.24, 2.45) is 5.73 Å². The van der Waals surface area contributed by atoms with Gasteiger partial charge in [0.15, 0.2) is 0 Å². The molecular formula is C16H24N2O. The number of nitrogens with zero attached hydrogens (tertiary/aromatic N) is 1. The third-order valence-electron chi connectivity index (χ3n) is 5.00. The topological polar surface area (TPSA) is 38.5 Å². The number of ether oxygens (including phenoxy) is 1. The molecule has 2 saturated heterocycles. The molecule has 2 aliphatic rings. The van der Waals surface area contributed by atoms with Gasteiger partial charge in [-0.05, 0) is 31.2 Å². The van der Waals surface area contributed by atoms with Crippen molar-refractivity contribution in [3.05, 3.63) is 35.9 Å². The number of benzene rings is 1. The summed E-state index contributed by atoms with van der Waals surface area (Å²) in [5.41, 5.74) is 7.30. The quantitative estimate of drug-likeness (QED) is 0.901. The first-order chi connectivity index (χ1) is 9.26. The third kappa shape index (κ3) is 2.42. The van der Waals surface area contributed by atoms with Crippen molar-refractivity contribution in [2.75, 3.05) is 13.7 Å². The number of nitrogens with two attached hydrogens (primary N) is 1. The van der Waals surface area contributed by atoms with Crippen molar-refractivity contribution in [1.29, 1.82) is 0 Å². The molecule has 1 aromatic carbocycles. The lowest BCUT2D eigenvalue weighted by molar-refractivity contribution is -0.0766. The Morgan fingerprint density at radius 1 is 1.21 bits per heavy atom. The predicted octanol–water partition coefficient (Wildman–Crippen LogP) is 2.16. The summed E-state index contributed by atoms with van der Waals surface area (Å²) in [4.78, 5) is 2.67. The zero-order valence-electron chi connectivity index (χ0n) is 11.7. The summed E-state index contributed by atoms with van der Waals surface area (Å²) in [6, 6.07) is 12.1. The highest BCUT2D eigenvalue weighted by Gasteiger charge is 2.47. The van der Waals surface area contributed by atoms with E-state index in [2.05, 4.69) is 35.2 Å². The van der Waals surface area contributed by atoms with Crippen molar-refractivity contribution >= 4 is 0 Å². The molecule has 3 heteroatoms. The first-order valence-corrected chi connectivity index (χ1v) is 7.31. The minimum atomic E-state index is -0.0704. The summed E-state index contributed by atoms with van der Waals surface area (Å²) in [6.45, 7) is 1.72. The highest BCUT2D eigenvalue weighted by Crippen LogP contribution is 2.42. The van der Waals surface area contributed by atoms with E-state index in [9.17, 15) is 0 Å². The fourth-order valence-corrected chi connectivity index (χ4v) is 3.86. The van der Waals surface area contributed by atoms with Gasteiger partial charge in [-0.25, -0.2) is 0 Å². The Kier molecular flexibility index (Phi) is 3.61. The molecule has 2 fully saturated rings. The molecule has 0 amide bonds. The van der Waals surface area contributed by atoms with E-state index in [1.165, 1.54) is 18.4 Å². The molecule has 2 atom stereocenters. The fraction of sp³-hybridized carbons (Fsp3) is 0.625. The van der Waals surface area contributed by atoms with Crippen LogP contribution in [0.1, 0.15) is 31.2 Å². The van der Waals surface area contributed by atoms with Crippen LogP contribution in [0.3, 0.4) is 0 Å². The van der Waals surface area contributed by atoms with Gasteiger partial charge >= 0.3 is 0 Å². The van der Waals surface area contributed by atoms with Crippen LogP contribution in [-0.2, 0) is 11.3 Å². The SMILES string of the molecule is COC1(CN)CC2CCC(C1)N2Cc1ccccc1. The van der Waals surface area contributed by atoms with E-state index >= 15 is 0 Å². The zero-order valence-corrected chi connectivity index (χ0v) is 11.7. The average molecular weight is 260 g/mol. The van der Waals surface area contributed by atoms with Gasteiger partial charge in [-0.2, -0.15) is 0 Å². The van der Waals surface area contributed by atoms with E-state index < -0.39 is 0 Å². The van der Waals surface area contributed by atoms with Gasteiger partial charge < -0.3 is 10.5 Å². The van der Waals surface area contributed by atoms with Gasteiger partial charge in [0.25, 0.3) is 0 Å². The Hall–Kier alpha value is -0.900. The van der Waals surface area contributed by atoms with Crippen molar-refractivity contribution in [2.45, 2.75) is 49.9 Å². The third-order valence-corrected chi connectivity index (χ3v) is 5.00. The normalized spacial score (nSPS) is 34.6. The number of piperidine rings is 1. The van der Waals surface area contributed by atoms with Crippen LogP contribution in [0.25, 0.3) is 0 Å². The number of methoxy groups -OCH3 is 1. The summed E-state index contributed by atoms with van der Waals surface area (Å²) in [6.07, 6.45) is 4.76. The van der Waals surface area contributed by atoms with Crippen molar-refractivity contribution < 1.29 is 4.74 Å². The summed E-state index contributed by atoms with van der Waals surface area (Å²) in [5, 5.41) is 0. The molecule has 0 aromatic heterocycles. The van der Waals surface area contributed by atoms with Crippen LogP contribution in [0, 0.1) is 0 Å². The summed E-state index contributed by atoms with van der Waals surface area (Å²) < 4.78 is 5.76. The Balaban J connectivity index is 1.73. The van der Waals surface area contributed by atoms with E-state index in [0.29, 0.717) is 18.6 Å². The molecule has 2 aliphatic heterocycles. The Morgan fingerprint density at radius 2 is 1.84 bits per heavy atom. The van der Waals surface area contributed by atoms with Gasteiger partial charge in [-0.15, -0.1) is 0 Å². The van der Waals surface area contributed by atoms with Crippen LogP contribution in [0.5, 0.6) is 0 Å². The Labute approximate surface area is 115 Å². The summed E-state index contributed by atoms with van der Waals surface area (Å²) in [7, 11) is 1.82. The van der Waals surface area contributed by atoms with Gasteiger partial charge in [0.05, 0.1) is 5.60 Å². The molecule has 0 radical (unpaired) electrons. The molecular weight excluding hydrogens is 236 g/mol. The average Bonchev–Trinajstić information content (AvgIpc) is 2.72.